The number of benzene rings is 1. The molecule has 0 radical (unpaired) electrons. The molecule has 1 aromatic heterocycles. The molecule has 3 nitrogen and oxygen atoms in total. The summed E-state index contributed by atoms with van der Waals surface area (Å²) >= 11 is 4.90. The molecule has 0 atom stereocenters. The van der Waals surface area contributed by atoms with Crippen LogP contribution in [0.3, 0.4) is 0 Å². The summed E-state index contributed by atoms with van der Waals surface area (Å²) in [5, 5.41) is 7.80. The summed E-state index contributed by atoms with van der Waals surface area (Å²) in [6.07, 6.45) is 1.62. The average Bonchev–Trinajstić information content (AvgIpc) is 2.82. The maximum absolute atomic E-state index is 11.7. The van der Waals surface area contributed by atoms with E-state index in [1.165, 1.54) is 0 Å². The normalized spacial score (nSPS) is 10.6. The molecule has 0 aliphatic carbocycles. The standard InChI is InChI=1S/C12H9BrN2OS/c13-11-3-1-2-10(6-11)12(16)15-14-7-9-4-5-17-8-9/h1-8H,(H,15,16)/b14-7-. The van der Waals surface area contributed by atoms with Crippen molar-refractivity contribution in [1.29, 1.82) is 0 Å². The van der Waals surface area contributed by atoms with Crippen molar-refractivity contribution >= 4 is 39.4 Å². The van der Waals surface area contributed by atoms with Gasteiger partial charge >= 0.3 is 0 Å². The lowest BCUT2D eigenvalue weighted by atomic mass is 10.2. The lowest BCUT2D eigenvalue weighted by Gasteiger charge is -1.99. The Morgan fingerprint density at radius 3 is 3.00 bits per heavy atom. The molecule has 86 valence electrons. The van der Waals surface area contributed by atoms with E-state index >= 15 is 0 Å². The van der Waals surface area contributed by atoms with Gasteiger partial charge in [0, 0.05) is 15.6 Å². The molecule has 0 bridgehead atoms. The number of nitrogens with zero attached hydrogens (tertiary/aromatic N) is 1. The van der Waals surface area contributed by atoms with Crippen molar-refractivity contribution in [1.82, 2.24) is 5.43 Å². The van der Waals surface area contributed by atoms with E-state index in [2.05, 4.69) is 26.5 Å². The Labute approximate surface area is 111 Å². The van der Waals surface area contributed by atoms with Gasteiger partial charge in [-0.05, 0) is 35.0 Å². The van der Waals surface area contributed by atoms with Gasteiger partial charge in [0.15, 0.2) is 0 Å². The van der Waals surface area contributed by atoms with Gasteiger partial charge in [-0.3, -0.25) is 4.79 Å². The van der Waals surface area contributed by atoms with E-state index in [9.17, 15) is 4.79 Å². The van der Waals surface area contributed by atoms with Crippen LogP contribution in [0.25, 0.3) is 0 Å². The highest BCUT2D eigenvalue weighted by Crippen LogP contribution is 2.11. The van der Waals surface area contributed by atoms with Crippen molar-refractivity contribution in [2.24, 2.45) is 5.10 Å². The van der Waals surface area contributed by atoms with E-state index in [4.69, 9.17) is 0 Å². The fraction of sp³-hybridized carbons (Fsp3) is 0. The van der Waals surface area contributed by atoms with Gasteiger partial charge in [-0.15, -0.1) is 0 Å². The van der Waals surface area contributed by atoms with Crippen molar-refractivity contribution in [3.05, 3.63) is 56.7 Å². The first-order valence-corrected chi connectivity index (χ1v) is 6.60. The second-order valence-electron chi connectivity index (χ2n) is 3.27. The number of hydrogen-bond acceptors (Lipinski definition) is 3. The molecule has 0 unspecified atom stereocenters. The Kier molecular flexibility index (Phi) is 4.06. The highest BCUT2D eigenvalue weighted by molar-refractivity contribution is 9.10. The molecule has 1 heterocycles. The van der Waals surface area contributed by atoms with Crippen LogP contribution in [0.2, 0.25) is 0 Å². The smallest absolute Gasteiger partial charge is 0.267 e. The second-order valence-corrected chi connectivity index (χ2v) is 4.96. The van der Waals surface area contributed by atoms with Gasteiger partial charge in [0.1, 0.15) is 0 Å². The zero-order valence-electron chi connectivity index (χ0n) is 8.76. The van der Waals surface area contributed by atoms with Crippen LogP contribution in [0.5, 0.6) is 0 Å². The quantitative estimate of drug-likeness (QED) is 0.686. The minimum Gasteiger partial charge on any atom is -0.267 e. The first kappa shape index (κ1) is 12.0. The Morgan fingerprint density at radius 2 is 2.29 bits per heavy atom. The third-order valence-corrected chi connectivity index (χ3v) is 3.20. The molecular formula is C12H9BrN2OS. The Morgan fingerprint density at radius 1 is 1.41 bits per heavy atom. The Balaban J connectivity index is 1.98. The predicted octanol–water partition coefficient (Wildman–Crippen LogP) is 3.27. The van der Waals surface area contributed by atoms with Crippen LogP contribution >= 0.6 is 27.3 Å². The van der Waals surface area contributed by atoms with Crippen molar-refractivity contribution in [2.75, 3.05) is 0 Å². The van der Waals surface area contributed by atoms with E-state index in [0.717, 1.165) is 10.0 Å². The molecule has 0 saturated heterocycles. The average molecular weight is 309 g/mol. The fourth-order valence-electron chi connectivity index (χ4n) is 1.21. The van der Waals surface area contributed by atoms with Crippen molar-refractivity contribution in [2.45, 2.75) is 0 Å². The van der Waals surface area contributed by atoms with Crippen LogP contribution in [0.1, 0.15) is 15.9 Å². The SMILES string of the molecule is O=C(N/N=C\c1ccsc1)c1cccc(Br)c1. The van der Waals surface area contributed by atoms with Crippen LogP contribution in [-0.4, -0.2) is 12.1 Å². The predicted molar refractivity (Wildman–Crippen MR) is 73.5 cm³/mol. The number of carbonyl (C=O) groups excluding carboxylic acids is 1. The minimum atomic E-state index is -0.224. The lowest BCUT2D eigenvalue weighted by Crippen LogP contribution is -2.17. The molecule has 0 fully saturated rings. The monoisotopic (exact) mass is 308 g/mol. The molecule has 1 aromatic carbocycles. The van der Waals surface area contributed by atoms with Gasteiger partial charge < -0.3 is 0 Å². The molecule has 0 aliphatic heterocycles. The van der Waals surface area contributed by atoms with Crippen LogP contribution < -0.4 is 5.43 Å². The number of carbonyl (C=O) groups is 1. The summed E-state index contributed by atoms with van der Waals surface area (Å²) in [7, 11) is 0. The van der Waals surface area contributed by atoms with Crippen LogP contribution in [0, 0.1) is 0 Å². The van der Waals surface area contributed by atoms with Crippen molar-refractivity contribution < 1.29 is 4.79 Å². The summed E-state index contributed by atoms with van der Waals surface area (Å²) in [5.41, 5.74) is 4.03. The van der Waals surface area contributed by atoms with Gasteiger partial charge in [-0.25, -0.2) is 5.43 Å². The molecule has 5 heteroatoms. The number of hydrazone groups is 1. The molecular weight excluding hydrogens is 300 g/mol. The number of nitrogens with one attached hydrogen (secondary N) is 1. The van der Waals surface area contributed by atoms with Gasteiger partial charge in [0.25, 0.3) is 5.91 Å². The van der Waals surface area contributed by atoms with Gasteiger partial charge in [0.05, 0.1) is 6.21 Å². The van der Waals surface area contributed by atoms with Crippen LogP contribution in [0.15, 0.2) is 50.7 Å². The molecule has 2 aromatic rings. The topological polar surface area (TPSA) is 41.5 Å². The summed E-state index contributed by atoms with van der Waals surface area (Å²) in [4.78, 5) is 11.7. The maximum Gasteiger partial charge on any atom is 0.271 e. The highest BCUT2D eigenvalue weighted by atomic mass is 79.9. The number of thiophene rings is 1. The zero-order chi connectivity index (χ0) is 12.1. The number of halogens is 1. The largest absolute Gasteiger partial charge is 0.271 e. The van der Waals surface area contributed by atoms with Crippen molar-refractivity contribution in [3.63, 3.8) is 0 Å². The maximum atomic E-state index is 11.7. The molecule has 2 rings (SSSR count). The fourth-order valence-corrected chi connectivity index (χ4v) is 2.22. The van der Waals surface area contributed by atoms with E-state index in [-0.39, 0.29) is 5.91 Å². The van der Waals surface area contributed by atoms with Gasteiger partial charge in [-0.1, -0.05) is 22.0 Å². The first-order valence-electron chi connectivity index (χ1n) is 4.87. The van der Waals surface area contributed by atoms with Crippen LogP contribution in [-0.2, 0) is 0 Å². The summed E-state index contributed by atoms with van der Waals surface area (Å²) in [5.74, 6) is -0.224. The molecule has 0 aliphatic rings. The third kappa shape index (κ3) is 3.51. The summed E-state index contributed by atoms with van der Waals surface area (Å²) < 4.78 is 0.868. The minimum absolute atomic E-state index is 0.224. The number of amides is 1. The van der Waals surface area contributed by atoms with Gasteiger partial charge in [-0.2, -0.15) is 16.4 Å². The summed E-state index contributed by atoms with van der Waals surface area (Å²) in [6, 6.07) is 9.09. The summed E-state index contributed by atoms with van der Waals surface area (Å²) in [6.45, 7) is 0. The molecule has 0 saturated carbocycles. The van der Waals surface area contributed by atoms with E-state index in [1.807, 2.05) is 29.0 Å². The van der Waals surface area contributed by atoms with Crippen LogP contribution in [0.4, 0.5) is 0 Å². The third-order valence-electron chi connectivity index (χ3n) is 2.01. The highest BCUT2D eigenvalue weighted by Gasteiger charge is 2.03. The van der Waals surface area contributed by atoms with Crippen molar-refractivity contribution in [3.8, 4) is 0 Å². The van der Waals surface area contributed by atoms with E-state index in [0.29, 0.717) is 5.56 Å². The zero-order valence-corrected chi connectivity index (χ0v) is 11.2. The lowest BCUT2D eigenvalue weighted by molar-refractivity contribution is 0.0955. The first-order chi connectivity index (χ1) is 8.25. The van der Waals surface area contributed by atoms with E-state index in [1.54, 1.807) is 29.7 Å². The molecule has 0 spiro atoms. The Bertz CT molecular complexity index is 537. The number of rotatable bonds is 3. The molecule has 1 N–H and O–H groups in total. The Hall–Kier alpha value is -1.46. The second kappa shape index (κ2) is 5.75. The molecule has 17 heavy (non-hydrogen) atoms. The molecule has 1 amide bonds. The number of hydrogen-bond donors (Lipinski definition) is 1. The van der Waals surface area contributed by atoms with Gasteiger partial charge in [0.2, 0.25) is 0 Å². The van der Waals surface area contributed by atoms with E-state index < -0.39 is 0 Å².